The van der Waals surface area contributed by atoms with Crippen LogP contribution in [-0.2, 0) is 17.6 Å². The summed E-state index contributed by atoms with van der Waals surface area (Å²) in [6.45, 7) is 7.71. The van der Waals surface area contributed by atoms with Crippen molar-refractivity contribution in [1.29, 1.82) is 0 Å². The maximum Gasteiger partial charge on any atom is 0.267 e. The number of thiophene rings is 1. The first-order chi connectivity index (χ1) is 15.2. The number of nitrogens with one attached hydrogen (secondary N) is 1. The Morgan fingerprint density at radius 1 is 1.22 bits per heavy atom. The lowest BCUT2D eigenvalue weighted by molar-refractivity contribution is -0.121. The van der Waals surface area contributed by atoms with E-state index in [9.17, 15) is 9.59 Å². The van der Waals surface area contributed by atoms with Crippen molar-refractivity contribution < 1.29 is 9.53 Å². The zero-order valence-corrected chi connectivity index (χ0v) is 20.8. The molecule has 0 saturated carbocycles. The van der Waals surface area contributed by atoms with E-state index in [1.54, 1.807) is 23.0 Å². The monoisotopic (exact) mass is 471 g/mol. The molecule has 1 aromatic carbocycles. The van der Waals surface area contributed by atoms with Crippen molar-refractivity contribution >= 4 is 39.2 Å². The molecule has 32 heavy (non-hydrogen) atoms. The molecule has 0 bridgehead atoms. The third-order valence-electron chi connectivity index (χ3n) is 5.44. The molecule has 0 saturated heterocycles. The molecule has 2 aromatic heterocycles. The molecule has 0 radical (unpaired) electrons. The van der Waals surface area contributed by atoms with Gasteiger partial charge in [-0.15, -0.1) is 11.3 Å². The second kappa shape index (κ2) is 8.90. The van der Waals surface area contributed by atoms with Crippen molar-refractivity contribution in [1.82, 2.24) is 14.9 Å². The van der Waals surface area contributed by atoms with Crippen LogP contribution in [0.15, 0.2) is 34.2 Å². The smallest absolute Gasteiger partial charge is 0.267 e. The van der Waals surface area contributed by atoms with Crippen molar-refractivity contribution in [2.45, 2.75) is 69.3 Å². The normalized spacial score (nSPS) is 14.8. The minimum Gasteiger partial charge on any atom is -0.497 e. The van der Waals surface area contributed by atoms with Gasteiger partial charge in [0.15, 0.2) is 5.16 Å². The Kier molecular flexibility index (Phi) is 6.36. The molecule has 0 fully saturated rings. The van der Waals surface area contributed by atoms with Gasteiger partial charge < -0.3 is 10.1 Å². The van der Waals surface area contributed by atoms with E-state index in [-0.39, 0.29) is 17.0 Å². The molecule has 170 valence electrons. The molecule has 1 amide bonds. The number of aryl methyl sites for hydroxylation is 2. The molecule has 4 rings (SSSR count). The van der Waals surface area contributed by atoms with Gasteiger partial charge in [-0.2, -0.15) is 0 Å². The number of nitrogens with zero attached hydrogens (tertiary/aromatic N) is 2. The van der Waals surface area contributed by atoms with Gasteiger partial charge in [0.1, 0.15) is 10.6 Å². The fourth-order valence-corrected chi connectivity index (χ4v) is 6.14. The minimum atomic E-state index is -0.405. The highest BCUT2D eigenvalue weighted by Crippen LogP contribution is 2.36. The summed E-state index contributed by atoms with van der Waals surface area (Å²) in [5, 5.41) is 3.87. The number of carbonyl (C=O) groups is 1. The number of aromatic nitrogens is 2. The Morgan fingerprint density at radius 2 is 1.91 bits per heavy atom. The Bertz CT molecular complexity index is 1210. The van der Waals surface area contributed by atoms with Crippen molar-refractivity contribution in [3.8, 4) is 11.4 Å². The highest BCUT2D eigenvalue weighted by Gasteiger charge is 2.26. The topological polar surface area (TPSA) is 73.2 Å². The number of hydrogen-bond acceptors (Lipinski definition) is 6. The van der Waals surface area contributed by atoms with Crippen molar-refractivity contribution in [3.63, 3.8) is 0 Å². The number of ether oxygens (including phenoxy) is 1. The van der Waals surface area contributed by atoms with E-state index in [1.165, 1.54) is 16.6 Å². The van der Waals surface area contributed by atoms with E-state index in [2.05, 4.69) is 5.32 Å². The van der Waals surface area contributed by atoms with Crippen LogP contribution in [0.3, 0.4) is 0 Å². The quantitative estimate of drug-likeness (QED) is 0.430. The summed E-state index contributed by atoms with van der Waals surface area (Å²) in [6, 6.07) is 7.38. The van der Waals surface area contributed by atoms with Gasteiger partial charge in [0.2, 0.25) is 5.91 Å². The molecule has 1 aliphatic carbocycles. The number of benzene rings is 1. The first-order valence-corrected chi connectivity index (χ1v) is 12.6. The Morgan fingerprint density at radius 3 is 2.56 bits per heavy atom. The van der Waals surface area contributed by atoms with Crippen LogP contribution in [-0.4, -0.2) is 33.4 Å². The van der Waals surface area contributed by atoms with E-state index in [4.69, 9.17) is 9.72 Å². The predicted octanol–water partition coefficient (Wildman–Crippen LogP) is 4.73. The zero-order valence-electron chi connectivity index (χ0n) is 19.2. The van der Waals surface area contributed by atoms with Gasteiger partial charge in [0, 0.05) is 10.4 Å². The van der Waals surface area contributed by atoms with Gasteiger partial charge >= 0.3 is 0 Å². The maximum absolute atomic E-state index is 13.8. The van der Waals surface area contributed by atoms with Crippen LogP contribution >= 0.6 is 23.1 Å². The van der Waals surface area contributed by atoms with Crippen molar-refractivity contribution in [3.05, 3.63) is 45.1 Å². The average molecular weight is 472 g/mol. The van der Waals surface area contributed by atoms with Gasteiger partial charge in [-0.05, 0) is 83.2 Å². The first-order valence-electron chi connectivity index (χ1n) is 10.9. The van der Waals surface area contributed by atoms with Crippen LogP contribution in [0.1, 0.15) is 51.0 Å². The highest BCUT2D eigenvalue weighted by molar-refractivity contribution is 8.00. The third-order valence-corrected chi connectivity index (χ3v) is 7.68. The maximum atomic E-state index is 13.8. The summed E-state index contributed by atoms with van der Waals surface area (Å²) < 4.78 is 6.93. The molecule has 0 spiro atoms. The number of fused-ring (bicyclic) bond motifs is 3. The van der Waals surface area contributed by atoms with E-state index >= 15 is 0 Å². The van der Waals surface area contributed by atoms with E-state index in [1.807, 2.05) is 52.0 Å². The van der Waals surface area contributed by atoms with Crippen LogP contribution in [0.25, 0.3) is 15.9 Å². The third kappa shape index (κ3) is 4.57. The van der Waals surface area contributed by atoms with Crippen LogP contribution < -0.4 is 15.6 Å². The molecular weight excluding hydrogens is 442 g/mol. The number of thioether (sulfide) groups is 1. The molecule has 8 heteroatoms. The number of rotatable bonds is 5. The largest absolute Gasteiger partial charge is 0.497 e. The molecule has 1 N–H and O–H groups in total. The highest BCUT2D eigenvalue weighted by atomic mass is 32.2. The van der Waals surface area contributed by atoms with Crippen LogP contribution in [0.4, 0.5) is 0 Å². The van der Waals surface area contributed by atoms with Gasteiger partial charge in [-0.25, -0.2) is 4.98 Å². The predicted molar refractivity (Wildman–Crippen MR) is 132 cm³/mol. The summed E-state index contributed by atoms with van der Waals surface area (Å²) in [4.78, 5) is 33.5. The summed E-state index contributed by atoms with van der Waals surface area (Å²) in [5.74, 6) is 0.638. The van der Waals surface area contributed by atoms with Crippen LogP contribution in [0.5, 0.6) is 5.75 Å². The van der Waals surface area contributed by atoms with Gasteiger partial charge in [0.05, 0.1) is 23.4 Å². The Labute approximate surface area is 196 Å². The van der Waals surface area contributed by atoms with Gasteiger partial charge in [0.25, 0.3) is 5.56 Å². The van der Waals surface area contributed by atoms with E-state index in [0.29, 0.717) is 10.8 Å². The molecule has 1 aliphatic rings. The minimum absolute atomic E-state index is 0.0644. The Balaban J connectivity index is 1.84. The molecule has 0 aliphatic heterocycles. The molecule has 3 aromatic rings. The lowest BCUT2D eigenvalue weighted by Crippen LogP contribution is -2.44. The Hall–Kier alpha value is -2.32. The van der Waals surface area contributed by atoms with Crippen LogP contribution in [0.2, 0.25) is 0 Å². The second-order valence-electron chi connectivity index (χ2n) is 9.12. The summed E-state index contributed by atoms with van der Waals surface area (Å²) >= 11 is 2.94. The molecule has 6 nitrogen and oxygen atoms in total. The number of carbonyl (C=O) groups excluding carboxylic acids is 1. The number of amides is 1. The van der Waals surface area contributed by atoms with Crippen molar-refractivity contribution in [2.75, 3.05) is 7.11 Å². The molecule has 2 heterocycles. The van der Waals surface area contributed by atoms with Gasteiger partial charge in [-0.3, -0.25) is 14.2 Å². The summed E-state index contributed by atoms with van der Waals surface area (Å²) in [5.41, 5.74) is 1.48. The average Bonchev–Trinajstić information content (AvgIpc) is 3.11. The first kappa shape index (κ1) is 22.9. The van der Waals surface area contributed by atoms with Gasteiger partial charge in [-0.1, -0.05) is 11.8 Å². The van der Waals surface area contributed by atoms with E-state index in [0.717, 1.165) is 47.2 Å². The van der Waals surface area contributed by atoms with Crippen molar-refractivity contribution in [2.24, 2.45) is 0 Å². The number of hydrogen-bond donors (Lipinski definition) is 1. The van der Waals surface area contributed by atoms with E-state index < -0.39 is 5.25 Å². The summed E-state index contributed by atoms with van der Waals surface area (Å²) in [7, 11) is 1.61. The fraction of sp³-hybridized carbons (Fsp3) is 0.458. The standard InChI is InChI=1S/C24H29N3O3S2/c1-14(20(28)26-24(2,3)4)31-23-25-21-19(17-8-6-7-9-18(17)32-21)22(29)27(23)15-10-12-16(30-5)13-11-15/h10-14H,6-9H2,1-5H3,(H,26,28). The lowest BCUT2D eigenvalue weighted by atomic mass is 9.97. The molecule has 1 atom stereocenters. The molecule has 1 unspecified atom stereocenters. The second-order valence-corrected chi connectivity index (χ2v) is 11.5. The number of methoxy groups -OCH3 is 1. The zero-order chi connectivity index (χ0) is 23.0. The molecular formula is C24H29N3O3S2. The SMILES string of the molecule is COc1ccc(-n2c(SC(C)C(=O)NC(C)(C)C)nc3sc4c(c3c2=O)CCCC4)cc1. The lowest BCUT2D eigenvalue weighted by Gasteiger charge is -2.23. The van der Waals surface area contributed by atoms with Crippen LogP contribution in [0, 0.1) is 0 Å². The fourth-order valence-electron chi connectivity index (χ4n) is 3.91. The summed E-state index contributed by atoms with van der Waals surface area (Å²) in [6.07, 6.45) is 4.18.